The first-order valence-electron chi connectivity index (χ1n) is 6.47. The lowest BCUT2D eigenvalue weighted by atomic mass is 10.1. The maximum absolute atomic E-state index is 11.8. The summed E-state index contributed by atoms with van der Waals surface area (Å²) in [6, 6.07) is 4.93. The van der Waals surface area contributed by atoms with E-state index in [9.17, 15) is 4.79 Å². The summed E-state index contributed by atoms with van der Waals surface area (Å²) in [5.74, 6) is -0.402. The molecule has 0 bridgehead atoms. The molecule has 0 aliphatic heterocycles. The van der Waals surface area contributed by atoms with E-state index in [0.29, 0.717) is 5.15 Å². The molecule has 0 N–H and O–H groups in total. The molecule has 0 aromatic carbocycles. The lowest BCUT2D eigenvalue weighted by Crippen LogP contribution is -2.16. The zero-order chi connectivity index (χ0) is 13.4. The van der Waals surface area contributed by atoms with Crippen molar-refractivity contribution in [1.29, 1.82) is 0 Å². The zero-order valence-corrected chi connectivity index (χ0v) is 11.7. The van der Waals surface area contributed by atoms with Gasteiger partial charge in [-0.2, -0.15) is 0 Å². The Morgan fingerprint density at radius 2 is 2.17 bits per heavy atom. The Hall–Kier alpha value is -1.09. The number of aromatic nitrogens is 1. The van der Waals surface area contributed by atoms with Crippen LogP contribution in [0.1, 0.15) is 56.4 Å². The number of hydrogen-bond acceptors (Lipinski definition) is 3. The van der Waals surface area contributed by atoms with Crippen molar-refractivity contribution in [3.8, 4) is 0 Å². The molecule has 0 aliphatic carbocycles. The second-order valence-electron chi connectivity index (χ2n) is 4.41. The number of unbranched alkanes of at least 4 members (excludes halogenated alkanes) is 3. The van der Waals surface area contributed by atoms with Crippen molar-refractivity contribution in [3.63, 3.8) is 0 Å². The molecule has 0 radical (unpaired) electrons. The molecule has 0 amide bonds. The van der Waals surface area contributed by atoms with Crippen LogP contribution in [0.3, 0.4) is 0 Å². The lowest BCUT2D eigenvalue weighted by Gasteiger charge is -2.12. The molecule has 1 unspecified atom stereocenters. The highest BCUT2D eigenvalue weighted by Gasteiger charge is 2.13. The summed E-state index contributed by atoms with van der Waals surface area (Å²) in [7, 11) is 0. The first-order valence-corrected chi connectivity index (χ1v) is 6.84. The van der Waals surface area contributed by atoms with Gasteiger partial charge in [-0.15, -0.1) is 0 Å². The second kappa shape index (κ2) is 8.09. The Morgan fingerprint density at radius 1 is 1.39 bits per heavy atom. The second-order valence-corrected chi connectivity index (χ2v) is 4.80. The Bertz CT molecular complexity index is 382. The molecule has 4 heteroatoms. The minimum absolute atomic E-state index is 0.0739. The topological polar surface area (TPSA) is 39.2 Å². The standard InChI is InChI=1S/C14H20ClNO2/c1-3-4-5-6-8-11(2)18-14(17)12-9-7-10-13(15)16-12/h7,9-11H,3-6,8H2,1-2H3. The predicted octanol–water partition coefficient (Wildman–Crippen LogP) is 4.25. The highest BCUT2D eigenvalue weighted by atomic mass is 35.5. The highest BCUT2D eigenvalue weighted by Crippen LogP contribution is 2.11. The van der Waals surface area contributed by atoms with Gasteiger partial charge in [-0.05, 0) is 31.9 Å². The summed E-state index contributed by atoms with van der Waals surface area (Å²) in [5.41, 5.74) is 0.267. The molecule has 100 valence electrons. The van der Waals surface area contributed by atoms with Gasteiger partial charge in [0.15, 0.2) is 0 Å². The SMILES string of the molecule is CCCCCCC(C)OC(=O)c1cccc(Cl)n1. The van der Waals surface area contributed by atoms with Crippen LogP contribution in [0.5, 0.6) is 0 Å². The van der Waals surface area contributed by atoms with E-state index in [4.69, 9.17) is 16.3 Å². The minimum Gasteiger partial charge on any atom is -0.458 e. The Balaban J connectivity index is 2.35. The van der Waals surface area contributed by atoms with Crippen LogP contribution in [-0.4, -0.2) is 17.1 Å². The van der Waals surface area contributed by atoms with E-state index in [1.165, 1.54) is 19.3 Å². The summed E-state index contributed by atoms with van der Waals surface area (Å²) in [5, 5.41) is 0.306. The zero-order valence-electron chi connectivity index (χ0n) is 11.0. The Labute approximate surface area is 114 Å². The lowest BCUT2D eigenvalue weighted by molar-refractivity contribution is 0.0312. The van der Waals surface area contributed by atoms with Gasteiger partial charge < -0.3 is 4.74 Å². The third-order valence-corrected chi connectivity index (χ3v) is 2.91. The molecule has 0 spiro atoms. The van der Waals surface area contributed by atoms with E-state index in [1.54, 1.807) is 18.2 Å². The van der Waals surface area contributed by atoms with Gasteiger partial charge in [0.1, 0.15) is 10.8 Å². The van der Waals surface area contributed by atoms with E-state index in [-0.39, 0.29) is 11.8 Å². The fourth-order valence-electron chi connectivity index (χ4n) is 1.68. The van der Waals surface area contributed by atoms with Gasteiger partial charge in [0.05, 0.1) is 6.10 Å². The fraction of sp³-hybridized carbons (Fsp3) is 0.571. The molecular weight excluding hydrogens is 250 g/mol. The van der Waals surface area contributed by atoms with E-state index >= 15 is 0 Å². The summed E-state index contributed by atoms with van der Waals surface area (Å²) in [4.78, 5) is 15.7. The van der Waals surface area contributed by atoms with Crippen LogP contribution >= 0.6 is 11.6 Å². The van der Waals surface area contributed by atoms with Crippen LogP contribution in [0, 0.1) is 0 Å². The number of hydrogen-bond donors (Lipinski definition) is 0. The molecule has 1 rings (SSSR count). The van der Waals surface area contributed by atoms with Crippen molar-refractivity contribution in [3.05, 3.63) is 29.0 Å². The largest absolute Gasteiger partial charge is 0.458 e. The maximum Gasteiger partial charge on any atom is 0.357 e. The van der Waals surface area contributed by atoms with Gasteiger partial charge >= 0.3 is 5.97 Å². The third kappa shape index (κ3) is 5.50. The Morgan fingerprint density at radius 3 is 2.83 bits per heavy atom. The molecule has 1 aromatic rings. The summed E-state index contributed by atoms with van der Waals surface area (Å²) in [6.45, 7) is 4.09. The van der Waals surface area contributed by atoms with Crippen LogP contribution in [0.25, 0.3) is 0 Å². The molecule has 0 saturated heterocycles. The summed E-state index contributed by atoms with van der Waals surface area (Å²) < 4.78 is 5.31. The monoisotopic (exact) mass is 269 g/mol. The Kier molecular flexibility index (Phi) is 6.73. The van der Waals surface area contributed by atoms with Gasteiger partial charge in [0.2, 0.25) is 0 Å². The number of pyridine rings is 1. The van der Waals surface area contributed by atoms with Gasteiger partial charge in [-0.1, -0.05) is 43.9 Å². The average molecular weight is 270 g/mol. The van der Waals surface area contributed by atoms with Crippen molar-refractivity contribution in [2.24, 2.45) is 0 Å². The quantitative estimate of drug-likeness (QED) is 0.422. The predicted molar refractivity (Wildman–Crippen MR) is 72.9 cm³/mol. The van der Waals surface area contributed by atoms with E-state index in [0.717, 1.165) is 12.8 Å². The molecule has 1 heterocycles. The number of carbonyl (C=O) groups excluding carboxylic acids is 1. The number of halogens is 1. The van der Waals surface area contributed by atoms with Crippen LogP contribution in [0.2, 0.25) is 5.15 Å². The molecule has 0 aliphatic rings. The van der Waals surface area contributed by atoms with Gasteiger partial charge in [-0.3, -0.25) is 0 Å². The van der Waals surface area contributed by atoms with Gasteiger partial charge in [0, 0.05) is 0 Å². The normalized spacial score (nSPS) is 12.2. The first-order chi connectivity index (χ1) is 8.63. The van der Waals surface area contributed by atoms with Gasteiger partial charge in [0.25, 0.3) is 0 Å². The molecule has 0 saturated carbocycles. The van der Waals surface area contributed by atoms with Crippen molar-refractivity contribution in [2.45, 2.75) is 52.1 Å². The molecule has 18 heavy (non-hydrogen) atoms. The van der Waals surface area contributed by atoms with Crippen LogP contribution in [-0.2, 0) is 4.74 Å². The summed E-state index contributed by atoms with van der Waals surface area (Å²) in [6.07, 6.45) is 5.54. The number of carbonyl (C=O) groups is 1. The maximum atomic E-state index is 11.8. The fourth-order valence-corrected chi connectivity index (χ4v) is 1.85. The highest BCUT2D eigenvalue weighted by molar-refractivity contribution is 6.29. The molecule has 3 nitrogen and oxygen atoms in total. The van der Waals surface area contributed by atoms with Crippen LogP contribution < -0.4 is 0 Å². The molecule has 1 aromatic heterocycles. The van der Waals surface area contributed by atoms with E-state index < -0.39 is 5.97 Å². The van der Waals surface area contributed by atoms with E-state index in [1.807, 2.05) is 6.92 Å². The first kappa shape index (κ1) is 15.0. The number of esters is 1. The molecule has 1 atom stereocenters. The number of ether oxygens (including phenoxy) is 1. The molecule has 0 fully saturated rings. The molecular formula is C14H20ClNO2. The number of rotatable bonds is 7. The summed E-state index contributed by atoms with van der Waals surface area (Å²) >= 11 is 5.72. The minimum atomic E-state index is -0.402. The van der Waals surface area contributed by atoms with Crippen molar-refractivity contribution in [1.82, 2.24) is 4.98 Å². The van der Waals surface area contributed by atoms with Crippen LogP contribution in [0.15, 0.2) is 18.2 Å². The smallest absolute Gasteiger partial charge is 0.357 e. The average Bonchev–Trinajstić information content (AvgIpc) is 2.34. The van der Waals surface area contributed by atoms with Crippen molar-refractivity contribution in [2.75, 3.05) is 0 Å². The van der Waals surface area contributed by atoms with Crippen molar-refractivity contribution < 1.29 is 9.53 Å². The van der Waals surface area contributed by atoms with E-state index in [2.05, 4.69) is 11.9 Å². The van der Waals surface area contributed by atoms with Gasteiger partial charge in [-0.25, -0.2) is 9.78 Å². The number of nitrogens with zero attached hydrogens (tertiary/aromatic N) is 1. The third-order valence-electron chi connectivity index (χ3n) is 2.70. The van der Waals surface area contributed by atoms with Crippen LogP contribution in [0.4, 0.5) is 0 Å². The van der Waals surface area contributed by atoms with Crippen molar-refractivity contribution >= 4 is 17.6 Å².